The lowest BCUT2D eigenvalue weighted by Gasteiger charge is -2.04. The molecule has 0 amide bonds. The van der Waals surface area contributed by atoms with Crippen molar-refractivity contribution in [3.8, 4) is 16.9 Å². The molecule has 2 heteroatoms. The van der Waals surface area contributed by atoms with Crippen molar-refractivity contribution in [1.29, 1.82) is 0 Å². The minimum absolute atomic E-state index is 0.789. The molecule has 16 heavy (non-hydrogen) atoms. The lowest BCUT2D eigenvalue weighted by molar-refractivity contribution is 0.413. The van der Waals surface area contributed by atoms with E-state index in [1.165, 1.54) is 11.1 Å². The second-order valence-electron chi connectivity index (χ2n) is 3.66. The molecule has 0 radical (unpaired) electrons. The van der Waals surface area contributed by atoms with Crippen LogP contribution in [0.2, 0.25) is 0 Å². The molecule has 0 unspecified atom stereocenters. The van der Waals surface area contributed by atoms with Crippen LogP contribution in [0.4, 0.5) is 0 Å². The monoisotopic (exact) mass is 213 g/mol. The number of nitrogens with zero attached hydrogens (tertiary/aromatic N) is 1. The summed E-state index contributed by atoms with van der Waals surface area (Å²) in [6.07, 6.45) is 4.63. The normalized spacial score (nSPS) is 10.1. The minimum atomic E-state index is 0.789. The van der Waals surface area contributed by atoms with E-state index < -0.39 is 0 Å². The summed E-state index contributed by atoms with van der Waals surface area (Å²) in [4.78, 5) is 4.15. The molecule has 1 aromatic heterocycles. The van der Waals surface area contributed by atoms with E-state index >= 15 is 0 Å². The standard InChI is InChI=1S/C14H15NO/c1-3-11-4-6-12(7-5-11)13-8-14(16-2)10-15-9-13/h4-10H,3H2,1-2H3. The highest BCUT2D eigenvalue weighted by Crippen LogP contribution is 2.22. The number of pyridine rings is 1. The molecule has 0 aliphatic heterocycles. The molecule has 0 spiro atoms. The Morgan fingerprint density at radius 2 is 1.81 bits per heavy atom. The smallest absolute Gasteiger partial charge is 0.137 e. The van der Waals surface area contributed by atoms with E-state index in [9.17, 15) is 0 Å². The third-order valence-corrected chi connectivity index (χ3v) is 2.64. The van der Waals surface area contributed by atoms with Gasteiger partial charge in [-0.2, -0.15) is 0 Å². The summed E-state index contributed by atoms with van der Waals surface area (Å²) in [6, 6.07) is 10.5. The van der Waals surface area contributed by atoms with Crippen LogP contribution in [0, 0.1) is 0 Å². The number of benzene rings is 1. The van der Waals surface area contributed by atoms with Crippen LogP contribution >= 0.6 is 0 Å². The molecule has 0 saturated heterocycles. The van der Waals surface area contributed by atoms with Gasteiger partial charge in [0.1, 0.15) is 5.75 Å². The van der Waals surface area contributed by atoms with Crippen LogP contribution in [0.5, 0.6) is 5.75 Å². The fourth-order valence-electron chi connectivity index (χ4n) is 1.62. The molecule has 0 aliphatic carbocycles. The Bertz CT molecular complexity index is 462. The van der Waals surface area contributed by atoms with Gasteiger partial charge >= 0.3 is 0 Å². The SMILES string of the molecule is CCc1ccc(-c2cncc(OC)c2)cc1. The molecule has 2 nitrogen and oxygen atoms in total. The van der Waals surface area contributed by atoms with Crippen LogP contribution in [0.25, 0.3) is 11.1 Å². The number of aromatic nitrogens is 1. The molecule has 0 atom stereocenters. The van der Waals surface area contributed by atoms with Gasteiger partial charge in [-0.15, -0.1) is 0 Å². The van der Waals surface area contributed by atoms with Crippen LogP contribution in [-0.2, 0) is 6.42 Å². The predicted octanol–water partition coefficient (Wildman–Crippen LogP) is 3.32. The predicted molar refractivity (Wildman–Crippen MR) is 65.6 cm³/mol. The van der Waals surface area contributed by atoms with Crippen LogP contribution in [0.15, 0.2) is 42.7 Å². The van der Waals surface area contributed by atoms with Crippen molar-refractivity contribution in [2.45, 2.75) is 13.3 Å². The zero-order chi connectivity index (χ0) is 11.4. The van der Waals surface area contributed by atoms with E-state index in [0.29, 0.717) is 0 Å². The van der Waals surface area contributed by atoms with Gasteiger partial charge in [0.25, 0.3) is 0 Å². The fourth-order valence-corrected chi connectivity index (χ4v) is 1.62. The number of hydrogen-bond acceptors (Lipinski definition) is 2. The molecule has 0 saturated carbocycles. The zero-order valence-electron chi connectivity index (χ0n) is 9.60. The summed E-state index contributed by atoms with van der Waals surface area (Å²) in [5.41, 5.74) is 3.60. The lowest BCUT2D eigenvalue weighted by atomic mass is 10.0. The van der Waals surface area contributed by atoms with Crippen molar-refractivity contribution in [1.82, 2.24) is 4.98 Å². The molecule has 2 aromatic rings. The summed E-state index contributed by atoms with van der Waals surface area (Å²) >= 11 is 0. The first-order valence-corrected chi connectivity index (χ1v) is 5.42. The van der Waals surface area contributed by atoms with Crippen molar-refractivity contribution < 1.29 is 4.74 Å². The quantitative estimate of drug-likeness (QED) is 0.780. The molecular weight excluding hydrogens is 198 g/mol. The van der Waals surface area contributed by atoms with Gasteiger partial charge in [-0.25, -0.2) is 0 Å². The largest absolute Gasteiger partial charge is 0.495 e. The molecule has 2 rings (SSSR count). The van der Waals surface area contributed by atoms with Crippen molar-refractivity contribution >= 4 is 0 Å². The van der Waals surface area contributed by atoms with E-state index in [1.54, 1.807) is 13.3 Å². The molecule has 1 aromatic carbocycles. The molecule has 1 heterocycles. The van der Waals surface area contributed by atoms with Crippen LogP contribution in [0.1, 0.15) is 12.5 Å². The van der Waals surface area contributed by atoms with Gasteiger partial charge in [0.15, 0.2) is 0 Å². The molecule has 82 valence electrons. The molecule has 0 aliphatic rings. The number of hydrogen-bond donors (Lipinski definition) is 0. The van der Waals surface area contributed by atoms with Gasteiger partial charge in [0.2, 0.25) is 0 Å². The van der Waals surface area contributed by atoms with Crippen LogP contribution < -0.4 is 4.74 Å². The maximum absolute atomic E-state index is 5.16. The first-order chi connectivity index (χ1) is 7.83. The average Bonchev–Trinajstić information content (AvgIpc) is 2.39. The summed E-state index contributed by atoms with van der Waals surface area (Å²) in [7, 11) is 1.65. The number of rotatable bonds is 3. The highest BCUT2D eigenvalue weighted by Gasteiger charge is 2.00. The Kier molecular flexibility index (Phi) is 3.20. The van der Waals surface area contributed by atoms with Gasteiger partial charge in [0, 0.05) is 11.8 Å². The summed E-state index contributed by atoms with van der Waals surface area (Å²) in [5, 5.41) is 0. The molecule has 0 bridgehead atoms. The van der Waals surface area contributed by atoms with Gasteiger partial charge < -0.3 is 4.74 Å². The second kappa shape index (κ2) is 4.79. The fraction of sp³-hybridized carbons (Fsp3) is 0.214. The Balaban J connectivity index is 2.34. The maximum Gasteiger partial charge on any atom is 0.137 e. The van der Waals surface area contributed by atoms with E-state index in [4.69, 9.17) is 4.74 Å². The first-order valence-electron chi connectivity index (χ1n) is 5.42. The summed E-state index contributed by atoms with van der Waals surface area (Å²) < 4.78 is 5.16. The third kappa shape index (κ3) is 2.22. The van der Waals surface area contributed by atoms with E-state index in [1.807, 2.05) is 12.3 Å². The van der Waals surface area contributed by atoms with Gasteiger partial charge in [-0.3, -0.25) is 4.98 Å². The van der Waals surface area contributed by atoms with Gasteiger partial charge in [-0.1, -0.05) is 31.2 Å². The number of methoxy groups -OCH3 is 1. The van der Waals surface area contributed by atoms with E-state index in [0.717, 1.165) is 17.7 Å². The third-order valence-electron chi connectivity index (χ3n) is 2.64. The number of aryl methyl sites for hydroxylation is 1. The number of ether oxygens (including phenoxy) is 1. The van der Waals surface area contributed by atoms with Crippen molar-refractivity contribution in [2.75, 3.05) is 7.11 Å². The van der Waals surface area contributed by atoms with Gasteiger partial charge in [-0.05, 0) is 23.6 Å². The lowest BCUT2D eigenvalue weighted by Crippen LogP contribution is -1.86. The average molecular weight is 213 g/mol. The zero-order valence-corrected chi connectivity index (χ0v) is 9.60. The summed E-state index contributed by atoms with van der Waals surface area (Å²) in [5.74, 6) is 0.789. The Morgan fingerprint density at radius 3 is 2.44 bits per heavy atom. The molecule has 0 N–H and O–H groups in total. The molecule has 0 fully saturated rings. The Hall–Kier alpha value is -1.83. The highest BCUT2D eigenvalue weighted by molar-refractivity contribution is 5.64. The maximum atomic E-state index is 5.16. The van der Waals surface area contributed by atoms with Crippen molar-refractivity contribution in [3.63, 3.8) is 0 Å². The Labute approximate surface area is 95.9 Å². The first kappa shape index (κ1) is 10.7. The van der Waals surface area contributed by atoms with Crippen molar-refractivity contribution in [3.05, 3.63) is 48.3 Å². The second-order valence-corrected chi connectivity index (χ2v) is 3.66. The summed E-state index contributed by atoms with van der Waals surface area (Å²) in [6.45, 7) is 2.15. The van der Waals surface area contributed by atoms with Crippen molar-refractivity contribution in [2.24, 2.45) is 0 Å². The van der Waals surface area contributed by atoms with Crippen LogP contribution in [0.3, 0.4) is 0 Å². The topological polar surface area (TPSA) is 22.1 Å². The van der Waals surface area contributed by atoms with E-state index in [-0.39, 0.29) is 0 Å². The highest BCUT2D eigenvalue weighted by atomic mass is 16.5. The van der Waals surface area contributed by atoms with E-state index in [2.05, 4.69) is 36.2 Å². The van der Waals surface area contributed by atoms with Crippen LogP contribution in [-0.4, -0.2) is 12.1 Å². The van der Waals surface area contributed by atoms with Gasteiger partial charge in [0.05, 0.1) is 13.3 Å². The minimum Gasteiger partial charge on any atom is -0.495 e. The Morgan fingerprint density at radius 1 is 1.06 bits per heavy atom. The molecular formula is C14H15NO.